The van der Waals surface area contributed by atoms with E-state index in [1.165, 1.54) is 12.1 Å². The van der Waals surface area contributed by atoms with Crippen molar-refractivity contribution in [2.45, 2.75) is 36.7 Å². The van der Waals surface area contributed by atoms with E-state index in [1.54, 1.807) is 15.9 Å². The van der Waals surface area contributed by atoms with Crippen LogP contribution in [-0.4, -0.2) is 64.3 Å². The summed E-state index contributed by atoms with van der Waals surface area (Å²) in [5, 5.41) is 5.19. The molecule has 0 aromatic heterocycles. The standard InChI is InChI=1S/C18H23N3O5S2/c1-3-7-20(15-6-8-27(23,24)12-15)11-18(22)21-13(2)9-14-10-16(28(19,25)26)4-5-17(14)21/h1,4-5,10,13,15H,6-9,11-12H2,2H3,(H2,19,25,26). The lowest BCUT2D eigenvalue weighted by Crippen LogP contribution is -2.47. The van der Waals surface area contributed by atoms with E-state index in [0.29, 0.717) is 18.5 Å². The lowest BCUT2D eigenvalue weighted by Gasteiger charge is -2.29. The minimum atomic E-state index is -3.82. The predicted molar refractivity (Wildman–Crippen MR) is 106 cm³/mol. The maximum Gasteiger partial charge on any atom is 0.241 e. The largest absolute Gasteiger partial charge is 0.308 e. The Morgan fingerprint density at radius 2 is 2.14 bits per heavy atom. The van der Waals surface area contributed by atoms with Gasteiger partial charge in [-0.05, 0) is 43.5 Å². The molecule has 0 saturated carbocycles. The molecule has 2 aliphatic rings. The first-order valence-electron chi connectivity index (χ1n) is 8.87. The summed E-state index contributed by atoms with van der Waals surface area (Å²) >= 11 is 0. The second-order valence-corrected chi connectivity index (χ2v) is 11.1. The summed E-state index contributed by atoms with van der Waals surface area (Å²) < 4.78 is 46.7. The maximum atomic E-state index is 13.0. The van der Waals surface area contributed by atoms with Crippen LogP contribution in [0.5, 0.6) is 0 Å². The van der Waals surface area contributed by atoms with Crippen LogP contribution in [0.15, 0.2) is 23.1 Å². The fourth-order valence-electron chi connectivity index (χ4n) is 3.91. The molecule has 0 aliphatic carbocycles. The molecule has 1 aromatic rings. The summed E-state index contributed by atoms with van der Waals surface area (Å²) in [5.41, 5.74) is 1.38. The second-order valence-electron chi connectivity index (χ2n) is 7.32. The van der Waals surface area contributed by atoms with E-state index in [2.05, 4.69) is 5.92 Å². The average Bonchev–Trinajstić information content (AvgIpc) is 3.11. The van der Waals surface area contributed by atoms with Crippen LogP contribution in [0.3, 0.4) is 0 Å². The van der Waals surface area contributed by atoms with Gasteiger partial charge in [0.15, 0.2) is 9.84 Å². The van der Waals surface area contributed by atoms with Crippen molar-refractivity contribution in [2.75, 3.05) is 29.5 Å². The molecule has 0 radical (unpaired) electrons. The first-order chi connectivity index (χ1) is 13.0. The summed E-state index contributed by atoms with van der Waals surface area (Å²) in [6.45, 7) is 2.07. The molecule has 1 saturated heterocycles. The van der Waals surface area contributed by atoms with Crippen molar-refractivity contribution in [3.63, 3.8) is 0 Å². The van der Waals surface area contributed by atoms with Gasteiger partial charge in [0.25, 0.3) is 0 Å². The molecule has 1 amide bonds. The van der Waals surface area contributed by atoms with Crippen LogP contribution in [0.1, 0.15) is 18.9 Å². The molecule has 2 unspecified atom stereocenters. The first kappa shape index (κ1) is 20.8. The Morgan fingerprint density at radius 3 is 2.71 bits per heavy atom. The second kappa shape index (κ2) is 7.48. The van der Waals surface area contributed by atoms with Crippen molar-refractivity contribution < 1.29 is 21.6 Å². The Balaban J connectivity index is 1.82. The van der Waals surface area contributed by atoms with Crippen LogP contribution in [0.4, 0.5) is 5.69 Å². The number of nitrogens with two attached hydrogens (primary N) is 1. The lowest BCUT2D eigenvalue weighted by atomic mass is 10.1. The van der Waals surface area contributed by atoms with Gasteiger partial charge >= 0.3 is 0 Å². The summed E-state index contributed by atoms with van der Waals surface area (Å²) in [7, 11) is -6.91. The van der Waals surface area contributed by atoms with Crippen LogP contribution >= 0.6 is 0 Å². The molecular formula is C18H23N3O5S2. The zero-order valence-electron chi connectivity index (χ0n) is 15.5. The van der Waals surface area contributed by atoms with E-state index in [1.807, 2.05) is 6.92 Å². The summed E-state index contributed by atoms with van der Waals surface area (Å²) in [5.74, 6) is 2.41. The quantitative estimate of drug-likeness (QED) is 0.649. The van der Waals surface area contributed by atoms with Crippen LogP contribution in [-0.2, 0) is 31.1 Å². The highest BCUT2D eigenvalue weighted by Gasteiger charge is 2.36. The highest BCUT2D eigenvalue weighted by Crippen LogP contribution is 2.34. The first-order valence-corrected chi connectivity index (χ1v) is 12.2. The number of anilines is 1. The van der Waals surface area contributed by atoms with E-state index in [4.69, 9.17) is 11.6 Å². The number of sulfonamides is 1. The smallest absolute Gasteiger partial charge is 0.241 e. The number of hydrogen-bond donors (Lipinski definition) is 1. The fraction of sp³-hybridized carbons (Fsp3) is 0.500. The Kier molecular flexibility index (Phi) is 5.55. The van der Waals surface area contributed by atoms with Gasteiger partial charge < -0.3 is 4.90 Å². The number of carbonyl (C=O) groups is 1. The van der Waals surface area contributed by atoms with Gasteiger partial charge in [0.1, 0.15) is 0 Å². The maximum absolute atomic E-state index is 13.0. The van der Waals surface area contributed by atoms with Crippen molar-refractivity contribution in [1.82, 2.24) is 4.90 Å². The number of nitrogens with zero attached hydrogens (tertiary/aromatic N) is 2. The molecule has 2 aliphatic heterocycles. The van der Waals surface area contributed by atoms with Gasteiger partial charge in [0.2, 0.25) is 15.9 Å². The molecule has 3 rings (SSSR count). The molecule has 0 spiro atoms. The molecule has 1 aromatic carbocycles. The van der Waals surface area contributed by atoms with Crippen LogP contribution in [0.25, 0.3) is 0 Å². The van der Waals surface area contributed by atoms with Gasteiger partial charge in [0, 0.05) is 17.8 Å². The number of fused-ring (bicyclic) bond motifs is 1. The van der Waals surface area contributed by atoms with Gasteiger partial charge in [-0.15, -0.1) is 6.42 Å². The normalized spacial score (nSPS) is 23.6. The molecule has 2 heterocycles. The lowest BCUT2D eigenvalue weighted by molar-refractivity contribution is -0.120. The zero-order valence-corrected chi connectivity index (χ0v) is 17.2. The molecule has 28 heavy (non-hydrogen) atoms. The van der Waals surface area contributed by atoms with Gasteiger partial charge in [0.05, 0.1) is 29.5 Å². The number of rotatable bonds is 5. The van der Waals surface area contributed by atoms with Gasteiger partial charge in [-0.1, -0.05) is 5.92 Å². The summed E-state index contributed by atoms with van der Waals surface area (Å²) in [4.78, 5) is 16.4. The van der Waals surface area contributed by atoms with Gasteiger partial charge in [-0.2, -0.15) is 0 Å². The number of carbonyl (C=O) groups excluding carboxylic acids is 1. The Bertz CT molecular complexity index is 1040. The molecule has 152 valence electrons. The molecule has 2 N–H and O–H groups in total. The van der Waals surface area contributed by atoms with Crippen molar-refractivity contribution in [2.24, 2.45) is 5.14 Å². The van der Waals surface area contributed by atoms with Crippen molar-refractivity contribution >= 4 is 31.5 Å². The highest BCUT2D eigenvalue weighted by molar-refractivity contribution is 7.91. The minimum absolute atomic E-state index is 0.00507. The topological polar surface area (TPSA) is 118 Å². The Labute approximate surface area is 165 Å². The van der Waals surface area contributed by atoms with Crippen molar-refractivity contribution in [3.05, 3.63) is 23.8 Å². The van der Waals surface area contributed by atoms with E-state index < -0.39 is 19.9 Å². The van der Waals surface area contributed by atoms with Crippen molar-refractivity contribution in [3.8, 4) is 12.3 Å². The minimum Gasteiger partial charge on any atom is -0.308 e. The van der Waals surface area contributed by atoms with Gasteiger partial charge in [-0.25, -0.2) is 22.0 Å². The summed E-state index contributed by atoms with van der Waals surface area (Å²) in [6.07, 6.45) is 6.39. The van der Waals surface area contributed by atoms with E-state index >= 15 is 0 Å². The van der Waals surface area contributed by atoms with Gasteiger partial charge in [-0.3, -0.25) is 9.69 Å². The monoisotopic (exact) mass is 425 g/mol. The van der Waals surface area contributed by atoms with E-state index in [-0.39, 0.29) is 47.5 Å². The van der Waals surface area contributed by atoms with E-state index in [9.17, 15) is 21.6 Å². The van der Waals surface area contributed by atoms with Crippen LogP contribution in [0, 0.1) is 12.3 Å². The number of sulfone groups is 1. The number of hydrogen-bond acceptors (Lipinski definition) is 6. The number of primary sulfonamides is 1. The number of benzene rings is 1. The third-order valence-electron chi connectivity index (χ3n) is 5.22. The molecular weight excluding hydrogens is 402 g/mol. The third kappa shape index (κ3) is 4.22. The highest BCUT2D eigenvalue weighted by atomic mass is 32.2. The third-order valence-corrected chi connectivity index (χ3v) is 7.88. The molecule has 0 bridgehead atoms. The van der Waals surface area contributed by atoms with Crippen LogP contribution < -0.4 is 10.0 Å². The SMILES string of the molecule is C#CCN(CC(=O)N1c2ccc(S(N)(=O)=O)cc2CC1C)C1CCS(=O)(=O)C1. The predicted octanol–water partition coefficient (Wildman–Crippen LogP) is -0.266. The van der Waals surface area contributed by atoms with E-state index in [0.717, 1.165) is 5.56 Å². The number of terminal acetylenes is 1. The Morgan fingerprint density at radius 1 is 1.43 bits per heavy atom. The van der Waals surface area contributed by atoms with Crippen molar-refractivity contribution in [1.29, 1.82) is 0 Å². The molecule has 1 fully saturated rings. The zero-order chi connectivity index (χ0) is 20.7. The summed E-state index contributed by atoms with van der Waals surface area (Å²) in [6, 6.07) is 4.04. The average molecular weight is 426 g/mol. The molecule has 2 atom stereocenters. The van der Waals surface area contributed by atoms with Crippen LogP contribution in [0.2, 0.25) is 0 Å². The Hall–Kier alpha value is -1.93. The number of amides is 1. The molecule has 8 nitrogen and oxygen atoms in total. The fourth-order valence-corrected chi connectivity index (χ4v) is 6.23. The molecule has 10 heteroatoms.